The van der Waals surface area contributed by atoms with Crippen molar-refractivity contribution in [2.24, 2.45) is 5.92 Å². The summed E-state index contributed by atoms with van der Waals surface area (Å²) in [7, 11) is 0. The van der Waals surface area contributed by atoms with Gasteiger partial charge >= 0.3 is 0 Å². The fourth-order valence-corrected chi connectivity index (χ4v) is 4.57. The minimum Gasteiger partial charge on any atom is -0.494 e. The van der Waals surface area contributed by atoms with Crippen LogP contribution in [0.3, 0.4) is 0 Å². The second-order valence-corrected chi connectivity index (χ2v) is 9.00. The van der Waals surface area contributed by atoms with Crippen molar-refractivity contribution >= 4 is 11.7 Å². The molecule has 1 N–H and O–H groups in total. The minimum absolute atomic E-state index is 0.0403. The van der Waals surface area contributed by atoms with Gasteiger partial charge in [0, 0.05) is 30.0 Å². The molecule has 32 heavy (non-hydrogen) atoms. The van der Waals surface area contributed by atoms with Gasteiger partial charge in [-0.05, 0) is 60.6 Å². The summed E-state index contributed by atoms with van der Waals surface area (Å²) < 4.78 is 11.4. The Bertz CT molecular complexity index is 1020. The van der Waals surface area contributed by atoms with Crippen LogP contribution in [0.2, 0.25) is 0 Å². The number of benzene rings is 2. The van der Waals surface area contributed by atoms with Crippen molar-refractivity contribution in [2.45, 2.75) is 51.9 Å². The Labute approximate surface area is 189 Å². The normalized spacial score (nSPS) is 20.8. The predicted molar refractivity (Wildman–Crippen MR) is 124 cm³/mol. The number of hydrogen-bond acceptors (Lipinski definition) is 4. The van der Waals surface area contributed by atoms with Crippen molar-refractivity contribution < 1.29 is 19.1 Å². The summed E-state index contributed by atoms with van der Waals surface area (Å²) in [6.07, 6.45) is 1.38. The smallest absolute Gasteiger partial charge is 0.225 e. The summed E-state index contributed by atoms with van der Waals surface area (Å²) in [5.41, 5.74) is 3.58. The van der Waals surface area contributed by atoms with E-state index in [9.17, 15) is 9.59 Å². The first-order valence-electron chi connectivity index (χ1n) is 11.5. The van der Waals surface area contributed by atoms with Gasteiger partial charge in [0.1, 0.15) is 11.5 Å². The van der Waals surface area contributed by atoms with Gasteiger partial charge in [-0.3, -0.25) is 9.59 Å². The van der Waals surface area contributed by atoms with Gasteiger partial charge in [0.15, 0.2) is 5.78 Å². The van der Waals surface area contributed by atoms with Crippen LogP contribution < -0.4 is 14.8 Å². The van der Waals surface area contributed by atoms with E-state index in [4.69, 9.17) is 9.47 Å². The van der Waals surface area contributed by atoms with Crippen LogP contribution in [0.1, 0.15) is 63.0 Å². The monoisotopic (exact) mass is 433 g/mol. The van der Waals surface area contributed by atoms with E-state index in [0.717, 1.165) is 33.9 Å². The third kappa shape index (κ3) is 4.87. The molecule has 1 heterocycles. The van der Waals surface area contributed by atoms with Gasteiger partial charge in [0.2, 0.25) is 5.91 Å². The van der Waals surface area contributed by atoms with Gasteiger partial charge in [-0.25, -0.2) is 0 Å². The van der Waals surface area contributed by atoms with Crippen molar-refractivity contribution in [2.75, 3.05) is 13.2 Å². The van der Waals surface area contributed by atoms with Gasteiger partial charge in [-0.1, -0.05) is 38.1 Å². The van der Waals surface area contributed by atoms with Crippen molar-refractivity contribution in [3.8, 4) is 11.5 Å². The molecule has 1 aliphatic carbocycles. The summed E-state index contributed by atoms with van der Waals surface area (Å²) >= 11 is 0. The molecule has 2 aliphatic rings. The van der Waals surface area contributed by atoms with E-state index in [1.54, 1.807) is 0 Å². The third-order valence-corrected chi connectivity index (χ3v) is 6.04. The van der Waals surface area contributed by atoms with Crippen LogP contribution >= 0.6 is 0 Å². The summed E-state index contributed by atoms with van der Waals surface area (Å²) in [6.45, 7) is 7.42. The molecule has 0 bridgehead atoms. The number of carbonyl (C=O) groups is 2. The Morgan fingerprint density at radius 3 is 2.44 bits per heavy atom. The summed E-state index contributed by atoms with van der Waals surface area (Å²) in [5.74, 6) is 1.97. The molecule has 0 spiro atoms. The van der Waals surface area contributed by atoms with E-state index in [-0.39, 0.29) is 29.9 Å². The Morgan fingerprint density at radius 1 is 0.938 bits per heavy atom. The maximum atomic E-state index is 13.3. The van der Waals surface area contributed by atoms with Crippen molar-refractivity contribution in [1.29, 1.82) is 0 Å². The number of ether oxygens (including phenoxy) is 2. The SMILES string of the molecule is CCOc1cccc(C2CC(=O)NC3=C2C(=O)CC(c2ccc(OCC(C)C)cc2)C3)c1. The maximum absolute atomic E-state index is 13.3. The third-order valence-electron chi connectivity index (χ3n) is 6.04. The number of nitrogens with one attached hydrogen (secondary N) is 1. The first kappa shape index (κ1) is 22.1. The molecule has 0 fully saturated rings. The molecule has 1 amide bonds. The van der Waals surface area contributed by atoms with Gasteiger partial charge in [-0.2, -0.15) is 0 Å². The number of rotatable bonds is 7. The predicted octanol–water partition coefficient (Wildman–Crippen LogP) is 5.12. The highest BCUT2D eigenvalue weighted by molar-refractivity contribution is 6.02. The van der Waals surface area contributed by atoms with Crippen LogP contribution in [-0.4, -0.2) is 24.9 Å². The molecular weight excluding hydrogens is 402 g/mol. The van der Waals surface area contributed by atoms with Crippen molar-refractivity contribution in [1.82, 2.24) is 5.32 Å². The zero-order chi connectivity index (χ0) is 22.7. The van der Waals surface area contributed by atoms with E-state index >= 15 is 0 Å². The Morgan fingerprint density at radius 2 is 1.72 bits per heavy atom. The molecule has 1 aliphatic heterocycles. The van der Waals surface area contributed by atoms with Crippen LogP contribution in [0.4, 0.5) is 0 Å². The average Bonchev–Trinajstić information content (AvgIpc) is 2.77. The number of carbonyl (C=O) groups excluding carboxylic acids is 2. The quantitative estimate of drug-likeness (QED) is 0.658. The fraction of sp³-hybridized carbons (Fsp3) is 0.407. The lowest BCUT2D eigenvalue weighted by Gasteiger charge is -2.34. The lowest BCUT2D eigenvalue weighted by Crippen LogP contribution is -2.38. The molecule has 2 unspecified atom stereocenters. The van der Waals surface area contributed by atoms with E-state index in [1.165, 1.54) is 0 Å². The number of allylic oxidation sites excluding steroid dienone is 2. The fourth-order valence-electron chi connectivity index (χ4n) is 4.57. The largest absolute Gasteiger partial charge is 0.494 e. The molecule has 0 saturated carbocycles. The van der Waals surface area contributed by atoms with Crippen LogP contribution in [0.5, 0.6) is 11.5 Å². The molecule has 0 saturated heterocycles. The number of Topliss-reactive ketones (excluding diaryl/α,β-unsaturated/α-hetero) is 1. The maximum Gasteiger partial charge on any atom is 0.225 e. The van der Waals surface area contributed by atoms with Crippen LogP contribution in [0.15, 0.2) is 59.8 Å². The standard InChI is InChI=1S/C27H31NO4/c1-4-31-22-7-5-6-19(12-22)23-15-26(30)28-24-13-20(14-25(29)27(23)24)18-8-10-21(11-9-18)32-16-17(2)3/h5-12,17,20,23H,4,13-16H2,1-3H3,(H,28,30). The molecule has 168 valence electrons. The molecule has 2 aromatic rings. The topological polar surface area (TPSA) is 64.6 Å². The lowest BCUT2D eigenvalue weighted by atomic mass is 9.73. The second-order valence-electron chi connectivity index (χ2n) is 9.00. The van der Waals surface area contributed by atoms with E-state index in [0.29, 0.717) is 32.0 Å². The zero-order valence-corrected chi connectivity index (χ0v) is 19.0. The van der Waals surface area contributed by atoms with Crippen molar-refractivity contribution in [3.05, 3.63) is 70.9 Å². The summed E-state index contributed by atoms with van der Waals surface area (Å²) in [6, 6.07) is 15.8. The summed E-state index contributed by atoms with van der Waals surface area (Å²) in [5, 5.41) is 3.00. The van der Waals surface area contributed by atoms with Crippen molar-refractivity contribution in [3.63, 3.8) is 0 Å². The molecule has 5 heteroatoms. The van der Waals surface area contributed by atoms with Gasteiger partial charge in [0.25, 0.3) is 0 Å². The minimum atomic E-state index is -0.223. The Balaban J connectivity index is 1.57. The molecule has 4 rings (SSSR count). The number of ketones is 1. The number of hydrogen-bond donors (Lipinski definition) is 1. The van der Waals surface area contributed by atoms with Crippen LogP contribution in [0, 0.1) is 5.92 Å². The van der Waals surface area contributed by atoms with E-state index in [2.05, 4.69) is 19.2 Å². The Kier molecular flexibility index (Phi) is 6.63. The zero-order valence-electron chi connectivity index (χ0n) is 19.0. The lowest BCUT2D eigenvalue weighted by molar-refractivity contribution is -0.122. The average molecular weight is 434 g/mol. The van der Waals surface area contributed by atoms with E-state index in [1.807, 2.05) is 55.5 Å². The van der Waals surface area contributed by atoms with Gasteiger partial charge < -0.3 is 14.8 Å². The first-order chi connectivity index (χ1) is 15.4. The van der Waals surface area contributed by atoms with Gasteiger partial charge in [0.05, 0.1) is 13.2 Å². The van der Waals surface area contributed by atoms with Crippen LogP contribution in [0.25, 0.3) is 0 Å². The molecule has 2 atom stereocenters. The molecule has 0 aromatic heterocycles. The Hall–Kier alpha value is -3.08. The van der Waals surface area contributed by atoms with Gasteiger partial charge in [-0.15, -0.1) is 0 Å². The molecule has 2 aromatic carbocycles. The highest BCUT2D eigenvalue weighted by atomic mass is 16.5. The van der Waals surface area contributed by atoms with E-state index < -0.39 is 0 Å². The highest BCUT2D eigenvalue weighted by Gasteiger charge is 2.38. The number of amides is 1. The molecular formula is C27H31NO4. The first-order valence-corrected chi connectivity index (χ1v) is 11.5. The van der Waals surface area contributed by atoms with Crippen LogP contribution in [-0.2, 0) is 9.59 Å². The second kappa shape index (κ2) is 9.60. The molecule has 5 nitrogen and oxygen atoms in total. The summed E-state index contributed by atoms with van der Waals surface area (Å²) in [4.78, 5) is 25.8. The highest BCUT2D eigenvalue weighted by Crippen LogP contribution is 2.43. The molecule has 0 radical (unpaired) electrons.